The predicted octanol–water partition coefficient (Wildman–Crippen LogP) is 2.74. The van der Waals surface area contributed by atoms with Crippen LogP contribution in [-0.2, 0) is 0 Å². The van der Waals surface area contributed by atoms with Crippen LogP contribution in [0.5, 0.6) is 0 Å². The molecule has 0 aromatic carbocycles. The molecule has 2 unspecified atom stereocenters. The molecular formula is C14H30N2. The minimum absolute atomic E-state index is 0.618. The summed E-state index contributed by atoms with van der Waals surface area (Å²) in [5.74, 6) is 1.73. The summed E-state index contributed by atoms with van der Waals surface area (Å²) in [7, 11) is 0. The summed E-state index contributed by atoms with van der Waals surface area (Å²) >= 11 is 0. The first-order chi connectivity index (χ1) is 7.61. The normalized spacial score (nSPS) is 24.9. The molecule has 2 heteroatoms. The molecule has 1 saturated heterocycles. The van der Waals surface area contributed by atoms with Crippen molar-refractivity contribution in [3.63, 3.8) is 0 Å². The van der Waals surface area contributed by atoms with Crippen molar-refractivity contribution in [2.24, 2.45) is 11.8 Å². The zero-order valence-electron chi connectivity index (χ0n) is 11.6. The lowest BCUT2D eigenvalue weighted by atomic mass is 9.95. The van der Waals surface area contributed by atoms with Crippen LogP contribution < -0.4 is 5.32 Å². The smallest absolute Gasteiger partial charge is 0.00193 e. The van der Waals surface area contributed by atoms with E-state index in [-0.39, 0.29) is 0 Å². The van der Waals surface area contributed by atoms with Crippen molar-refractivity contribution in [1.29, 1.82) is 0 Å². The van der Waals surface area contributed by atoms with Gasteiger partial charge in [-0.25, -0.2) is 0 Å². The van der Waals surface area contributed by atoms with Crippen molar-refractivity contribution in [2.45, 2.75) is 53.0 Å². The van der Waals surface area contributed by atoms with E-state index >= 15 is 0 Å². The largest absolute Gasteiger partial charge is 0.314 e. The Hall–Kier alpha value is -0.0800. The van der Waals surface area contributed by atoms with Gasteiger partial charge in [0, 0.05) is 19.1 Å². The van der Waals surface area contributed by atoms with Gasteiger partial charge in [-0.05, 0) is 37.8 Å². The number of hydrogen-bond acceptors (Lipinski definition) is 2. The molecule has 16 heavy (non-hydrogen) atoms. The first kappa shape index (κ1) is 14.0. The molecule has 0 amide bonds. The Morgan fingerprint density at radius 1 is 1.31 bits per heavy atom. The lowest BCUT2D eigenvalue weighted by Gasteiger charge is -2.34. The van der Waals surface area contributed by atoms with Crippen LogP contribution in [0.25, 0.3) is 0 Å². The van der Waals surface area contributed by atoms with E-state index in [0.717, 1.165) is 18.4 Å². The molecule has 0 aromatic rings. The van der Waals surface area contributed by atoms with Gasteiger partial charge >= 0.3 is 0 Å². The third-order valence-corrected chi connectivity index (χ3v) is 3.62. The molecule has 1 aliphatic heterocycles. The quantitative estimate of drug-likeness (QED) is 0.749. The van der Waals surface area contributed by atoms with Gasteiger partial charge in [-0.2, -0.15) is 0 Å². The van der Waals surface area contributed by atoms with E-state index in [4.69, 9.17) is 0 Å². The maximum atomic E-state index is 3.53. The summed E-state index contributed by atoms with van der Waals surface area (Å²) in [5, 5.41) is 3.53. The Balaban J connectivity index is 2.19. The highest BCUT2D eigenvalue weighted by Gasteiger charge is 2.19. The van der Waals surface area contributed by atoms with Gasteiger partial charge in [0.05, 0.1) is 0 Å². The summed E-state index contributed by atoms with van der Waals surface area (Å²) in [4.78, 5) is 2.67. The minimum atomic E-state index is 0.618. The van der Waals surface area contributed by atoms with Gasteiger partial charge in [0.25, 0.3) is 0 Å². The van der Waals surface area contributed by atoms with Gasteiger partial charge in [-0.15, -0.1) is 0 Å². The van der Waals surface area contributed by atoms with Crippen molar-refractivity contribution in [2.75, 3.05) is 26.2 Å². The molecule has 1 rings (SSSR count). The number of nitrogens with zero attached hydrogens (tertiary/aromatic N) is 1. The molecule has 0 bridgehead atoms. The van der Waals surface area contributed by atoms with Crippen molar-refractivity contribution in [1.82, 2.24) is 10.2 Å². The minimum Gasteiger partial charge on any atom is -0.314 e. The Morgan fingerprint density at radius 2 is 2.06 bits per heavy atom. The fourth-order valence-electron chi connectivity index (χ4n) is 2.59. The highest BCUT2D eigenvalue weighted by atomic mass is 15.1. The van der Waals surface area contributed by atoms with Gasteiger partial charge in [0.15, 0.2) is 0 Å². The van der Waals surface area contributed by atoms with E-state index < -0.39 is 0 Å². The Labute approximate surface area is 102 Å². The van der Waals surface area contributed by atoms with Crippen LogP contribution in [0, 0.1) is 11.8 Å². The summed E-state index contributed by atoms with van der Waals surface area (Å²) < 4.78 is 0. The van der Waals surface area contributed by atoms with Crippen LogP contribution in [0.2, 0.25) is 0 Å². The average Bonchev–Trinajstić information content (AvgIpc) is 2.26. The fourth-order valence-corrected chi connectivity index (χ4v) is 2.59. The molecule has 0 saturated carbocycles. The molecule has 0 aliphatic carbocycles. The molecule has 0 aromatic heterocycles. The third kappa shape index (κ3) is 5.31. The Kier molecular flexibility index (Phi) is 6.37. The first-order valence-corrected chi connectivity index (χ1v) is 7.07. The molecule has 1 N–H and O–H groups in total. The van der Waals surface area contributed by atoms with E-state index in [0.29, 0.717) is 6.04 Å². The molecular weight excluding hydrogens is 196 g/mol. The van der Waals surface area contributed by atoms with Crippen molar-refractivity contribution < 1.29 is 0 Å². The zero-order chi connectivity index (χ0) is 12.0. The van der Waals surface area contributed by atoms with Crippen molar-refractivity contribution in [3.05, 3.63) is 0 Å². The number of hydrogen-bond donors (Lipinski definition) is 1. The lowest BCUT2D eigenvalue weighted by molar-refractivity contribution is 0.151. The van der Waals surface area contributed by atoms with Gasteiger partial charge < -0.3 is 10.2 Å². The molecule has 2 nitrogen and oxygen atoms in total. The standard InChI is InChI=1S/C14H30N2/c1-5-14-7-6-8-16(11-14)10-13(4)9-15-12(2)3/h12-15H,5-11H2,1-4H3. The molecule has 96 valence electrons. The summed E-state index contributed by atoms with van der Waals surface area (Å²) in [6.07, 6.45) is 4.21. The second-order valence-electron chi connectivity index (χ2n) is 5.84. The highest BCUT2D eigenvalue weighted by molar-refractivity contribution is 4.74. The second-order valence-corrected chi connectivity index (χ2v) is 5.84. The molecule has 0 radical (unpaired) electrons. The summed E-state index contributed by atoms with van der Waals surface area (Å²) in [5.41, 5.74) is 0. The Morgan fingerprint density at radius 3 is 2.69 bits per heavy atom. The second kappa shape index (κ2) is 7.29. The summed E-state index contributed by atoms with van der Waals surface area (Å²) in [6.45, 7) is 14.2. The van der Waals surface area contributed by atoms with E-state index in [1.54, 1.807) is 0 Å². The molecule has 1 heterocycles. The van der Waals surface area contributed by atoms with Gasteiger partial charge in [-0.1, -0.05) is 34.1 Å². The maximum Gasteiger partial charge on any atom is 0.00193 e. The highest BCUT2D eigenvalue weighted by Crippen LogP contribution is 2.19. The van der Waals surface area contributed by atoms with Crippen LogP contribution in [0.15, 0.2) is 0 Å². The molecule has 1 aliphatic rings. The molecule has 1 fully saturated rings. The van der Waals surface area contributed by atoms with Crippen LogP contribution in [0.4, 0.5) is 0 Å². The van der Waals surface area contributed by atoms with E-state index in [1.165, 1.54) is 38.9 Å². The molecule has 2 atom stereocenters. The van der Waals surface area contributed by atoms with Gasteiger partial charge in [0.2, 0.25) is 0 Å². The number of likely N-dealkylation sites (tertiary alicyclic amines) is 1. The number of nitrogens with one attached hydrogen (secondary N) is 1. The third-order valence-electron chi connectivity index (χ3n) is 3.62. The maximum absolute atomic E-state index is 3.53. The number of rotatable bonds is 6. The van der Waals surface area contributed by atoms with E-state index in [1.807, 2.05) is 0 Å². The average molecular weight is 226 g/mol. The van der Waals surface area contributed by atoms with Crippen LogP contribution in [0.1, 0.15) is 47.0 Å². The lowest BCUT2D eigenvalue weighted by Crippen LogP contribution is -2.40. The summed E-state index contributed by atoms with van der Waals surface area (Å²) in [6, 6.07) is 0.618. The SMILES string of the molecule is CCC1CCCN(CC(C)CNC(C)C)C1. The van der Waals surface area contributed by atoms with Crippen LogP contribution in [0.3, 0.4) is 0 Å². The predicted molar refractivity (Wildman–Crippen MR) is 71.8 cm³/mol. The van der Waals surface area contributed by atoms with Crippen molar-refractivity contribution >= 4 is 0 Å². The van der Waals surface area contributed by atoms with Crippen molar-refractivity contribution in [3.8, 4) is 0 Å². The van der Waals surface area contributed by atoms with Gasteiger partial charge in [0.1, 0.15) is 0 Å². The van der Waals surface area contributed by atoms with Crippen LogP contribution in [-0.4, -0.2) is 37.1 Å². The number of piperidine rings is 1. The zero-order valence-corrected chi connectivity index (χ0v) is 11.6. The van der Waals surface area contributed by atoms with Crippen LogP contribution >= 0.6 is 0 Å². The fraction of sp³-hybridized carbons (Fsp3) is 1.00. The van der Waals surface area contributed by atoms with Gasteiger partial charge in [-0.3, -0.25) is 0 Å². The van der Waals surface area contributed by atoms with E-state index in [9.17, 15) is 0 Å². The topological polar surface area (TPSA) is 15.3 Å². The Bertz CT molecular complexity index is 180. The first-order valence-electron chi connectivity index (χ1n) is 7.07. The van der Waals surface area contributed by atoms with E-state index in [2.05, 4.69) is 37.9 Å². The molecule has 0 spiro atoms. The monoisotopic (exact) mass is 226 g/mol.